The van der Waals surface area contributed by atoms with Gasteiger partial charge in [-0.25, -0.2) is 13.6 Å². The van der Waals surface area contributed by atoms with Crippen LogP contribution in [0.25, 0.3) is 0 Å². The van der Waals surface area contributed by atoms with Gasteiger partial charge >= 0.3 is 6.09 Å². The van der Waals surface area contributed by atoms with Crippen LogP contribution in [0.2, 0.25) is 5.02 Å². The Balaban J connectivity index is 2.21. The molecule has 1 saturated heterocycles. The lowest BCUT2D eigenvalue weighted by Crippen LogP contribution is -2.58. The molecule has 1 aliphatic heterocycles. The van der Waals surface area contributed by atoms with Crippen molar-refractivity contribution >= 4 is 46.2 Å². The summed E-state index contributed by atoms with van der Waals surface area (Å²) in [5.74, 6) is -3.29. The molecule has 2 rings (SSSR count). The first kappa shape index (κ1) is 22.1. The quantitative estimate of drug-likeness (QED) is 0.372. The molecule has 1 atom stereocenters. The van der Waals surface area contributed by atoms with Gasteiger partial charge in [0.2, 0.25) is 0 Å². The van der Waals surface area contributed by atoms with Crippen molar-refractivity contribution < 1.29 is 28.2 Å². The number of carbonyl (C=O) groups is 2. The minimum absolute atomic E-state index is 0.0132. The van der Waals surface area contributed by atoms with E-state index in [-0.39, 0.29) is 28.2 Å². The number of halogens is 4. The fraction of sp³-hybridized carbons (Fsp3) is 0.529. The van der Waals surface area contributed by atoms with Crippen molar-refractivity contribution in [1.29, 1.82) is 0 Å². The maximum absolute atomic E-state index is 14.2. The van der Waals surface area contributed by atoms with E-state index in [4.69, 9.17) is 16.3 Å². The minimum atomic E-state index is -1.29. The highest BCUT2D eigenvalue weighted by molar-refractivity contribution is 14.1. The van der Waals surface area contributed by atoms with Crippen LogP contribution in [-0.4, -0.2) is 64.8 Å². The van der Waals surface area contributed by atoms with E-state index in [1.807, 2.05) is 0 Å². The van der Waals surface area contributed by atoms with Crippen LogP contribution in [0.15, 0.2) is 6.07 Å². The highest BCUT2D eigenvalue weighted by Gasteiger charge is 2.36. The highest BCUT2D eigenvalue weighted by Crippen LogP contribution is 2.28. The Morgan fingerprint density at radius 1 is 1.33 bits per heavy atom. The van der Waals surface area contributed by atoms with Gasteiger partial charge in [0.15, 0.2) is 11.6 Å². The van der Waals surface area contributed by atoms with Crippen molar-refractivity contribution in [2.75, 3.05) is 26.2 Å². The van der Waals surface area contributed by atoms with Gasteiger partial charge in [-0.3, -0.25) is 4.79 Å². The predicted molar refractivity (Wildman–Crippen MR) is 104 cm³/mol. The van der Waals surface area contributed by atoms with Crippen LogP contribution in [0.4, 0.5) is 13.6 Å². The summed E-state index contributed by atoms with van der Waals surface area (Å²) >= 11 is 7.42. The van der Waals surface area contributed by atoms with Crippen LogP contribution in [0, 0.1) is 15.2 Å². The first-order chi connectivity index (χ1) is 12.5. The van der Waals surface area contributed by atoms with Gasteiger partial charge in [-0.1, -0.05) is 11.6 Å². The number of ether oxygens (including phenoxy) is 1. The summed E-state index contributed by atoms with van der Waals surface area (Å²) in [5, 5.41) is 9.57. The fourth-order valence-electron chi connectivity index (χ4n) is 2.65. The molecule has 0 radical (unpaired) electrons. The molecule has 1 fully saturated rings. The molecule has 0 unspecified atom stereocenters. The monoisotopic (exact) mass is 516 g/mol. The molecule has 1 aromatic carbocycles. The van der Waals surface area contributed by atoms with Crippen molar-refractivity contribution in [3.05, 3.63) is 31.9 Å². The molecule has 0 bridgehead atoms. The van der Waals surface area contributed by atoms with Crippen molar-refractivity contribution in [2.24, 2.45) is 0 Å². The third-order valence-electron chi connectivity index (χ3n) is 3.94. The number of hydrogen-bond acceptors (Lipinski definition) is 4. The number of aliphatic hydroxyl groups excluding tert-OH is 1. The third kappa shape index (κ3) is 5.00. The summed E-state index contributed by atoms with van der Waals surface area (Å²) in [6.45, 7) is 4.92. The Bertz CT molecular complexity index is 757. The molecule has 0 saturated carbocycles. The lowest BCUT2D eigenvalue weighted by molar-refractivity contribution is -0.00256. The van der Waals surface area contributed by atoms with Gasteiger partial charge < -0.3 is 19.6 Å². The lowest BCUT2D eigenvalue weighted by Gasteiger charge is -2.41. The standard InChI is InChI=1S/C17H20ClF2IN2O4/c1-17(2,3)27-16(26)22-4-5-23(9(7-22)8-24)15(25)10-6-11(18)14(21)13(20)12(10)19/h6,9,24H,4-5,7-8H2,1-3H3/t9-/m0/s1. The van der Waals surface area contributed by atoms with Crippen LogP contribution >= 0.6 is 34.2 Å². The van der Waals surface area contributed by atoms with Crippen LogP contribution in [0.5, 0.6) is 0 Å². The minimum Gasteiger partial charge on any atom is -0.444 e. The zero-order valence-corrected chi connectivity index (χ0v) is 18.0. The van der Waals surface area contributed by atoms with Crippen molar-refractivity contribution in [2.45, 2.75) is 32.4 Å². The first-order valence-electron chi connectivity index (χ1n) is 8.19. The van der Waals surface area contributed by atoms with Gasteiger partial charge in [0, 0.05) is 19.6 Å². The summed E-state index contributed by atoms with van der Waals surface area (Å²) < 4.78 is 33.3. The second-order valence-electron chi connectivity index (χ2n) is 7.11. The highest BCUT2D eigenvalue weighted by atomic mass is 127. The number of nitrogens with zero attached hydrogens (tertiary/aromatic N) is 2. The Kier molecular flexibility index (Phi) is 6.91. The zero-order valence-electron chi connectivity index (χ0n) is 15.1. The van der Waals surface area contributed by atoms with Crippen molar-refractivity contribution in [1.82, 2.24) is 9.80 Å². The second-order valence-corrected chi connectivity index (χ2v) is 8.60. The maximum Gasteiger partial charge on any atom is 0.410 e. The number of benzene rings is 1. The van der Waals surface area contributed by atoms with Crippen LogP contribution < -0.4 is 0 Å². The number of piperazine rings is 1. The molecular weight excluding hydrogens is 497 g/mol. The summed E-state index contributed by atoms with van der Waals surface area (Å²) in [6, 6.07) is 0.290. The van der Waals surface area contributed by atoms with Crippen LogP contribution in [0.3, 0.4) is 0 Å². The molecule has 27 heavy (non-hydrogen) atoms. The average molecular weight is 517 g/mol. The summed E-state index contributed by atoms with van der Waals surface area (Å²) in [6.07, 6.45) is -0.567. The Labute approximate surface area is 174 Å². The molecule has 1 aliphatic rings. The molecule has 1 N–H and O–H groups in total. The molecular formula is C17H20ClF2IN2O4. The molecule has 0 spiro atoms. The summed E-state index contributed by atoms with van der Waals surface area (Å²) in [7, 11) is 0. The zero-order chi connectivity index (χ0) is 20.5. The van der Waals surface area contributed by atoms with E-state index in [9.17, 15) is 23.5 Å². The molecule has 0 aromatic heterocycles. The van der Waals surface area contributed by atoms with E-state index in [1.54, 1.807) is 43.4 Å². The topological polar surface area (TPSA) is 70.1 Å². The Morgan fingerprint density at radius 3 is 2.52 bits per heavy atom. The molecule has 10 heteroatoms. The maximum atomic E-state index is 14.2. The SMILES string of the molecule is CC(C)(C)OC(=O)N1CCN(C(=O)c2cc(Cl)c(I)c(F)c2F)[C@H](CO)C1. The number of amides is 2. The Hall–Kier alpha value is -1.20. The largest absolute Gasteiger partial charge is 0.444 e. The van der Waals surface area contributed by atoms with Gasteiger partial charge in [0.05, 0.1) is 26.8 Å². The fourth-order valence-corrected chi connectivity index (χ4v) is 3.24. The van der Waals surface area contributed by atoms with Crippen LogP contribution in [-0.2, 0) is 4.74 Å². The molecule has 2 amide bonds. The number of aliphatic hydroxyl groups is 1. The first-order valence-corrected chi connectivity index (χ1v) is 9.64. The van der Waals surface area contributed by atoms with Crippen molar-refractivity contribution in [3.63, 3.8) is 0 Å². The molecule has 6 nitrogen and oxygen atoms in total. The summed E-state index contributed by atoms with van der Waals surface area (Å²) in [4.78, 5) is 27.5. The molecule has 1 aromatic rings. The van der Waals surface area contributed by atoms with E-state index in [0.717, 1.165) is 6.07 Å². The molecule has 0 aliphatic carbocycles. The van der Waals surface area contributed by atoms with E-state index < -0.39 is 47.4 Å². The van der Waals surface area contributed by atoms with E-state index >= 15 is 0 Å². The van der Waals surface area contributed by atoms with E-state index in [2.05, 4.69) is 0 Å². The van der Waals surface area contributed by atoms with Crippen LogP contribution in [0.1, 0.15) is 31.1 Å². The molecule has 1 heterocycles. The number of carbonyl (C=O) groups excluding carboxylic acids is 2. The normalized spacial score (nSPS) is 17.9. The van der Waals surface area contributed by atoms with E-state index in [1.165, 1.54) is 9.80 Å². The van der Waals surface area contributed by atoms with Gasteiger partial charge in [-0.15, -0.1) is 0 Å². The second kappa shape index (κ2) is 8.44. The molecule has 150 valence electrons. The van der Waals surface area contributed by atoms with Gasteiger partial charge in [-0.2, -0.15) is 0 Å². The smallest absolute Gasteiger partial charge is 0.410 e. The van der Waals surface area contributed by atoms with Gasteiger partial charge in [-0.05, 0) is 49.4 Å². The predicted octanol–water partition coefficient (Wildman–Crippen LogP) is 3.28. The Morgan fingerprint density at radius 2 is 1.96 bits per heavy atom. The number of rotatable bonds is 2. The van der Waals surface area contributed by atoms with E-state index in [0.29, 0.717) is 0 Å². The van der Waals surface area contributed by atoms with Gasteiger partial charge in [0.25, 0.3) is 5.91 Å². The average Bonchev–Trinajstić information content (AvgIpc) is 2.60. The lowest BCUT2D eigenvalue weighted by atomic mass is 10.1. The van der Waals surface area contributed by atoms with Crippen molar-refractivity contribution in [3.8, 4) is 0 Å². The number of hydrogen-bond donors (Lipinski definition) is 1. The summed E-state index contributed by atoms with van der Waals surface area (Å²) in [5.41, 5.74) is -1.20. The van der Waals surface area contributed by atoms with Gasteiger partial charge in [0.1, 0.15) is 5.60 Å². The third-order valence-corrected chi connectivity index (χ3v) is 5.61.